The van der Waals surface area contributed by atoms with Gasteiger partial charge in [-0.2, -0.15) is 13.2 Å². The van der Waals surface area contributed by atoms with Gasteiger partial charge in [-0.3, -0.25) is 19.5 Å². The maximum atomic E-state index is 13.5. The van der Waals surface area contributed by atoms with Gasteiger partial charge >= 0.3 is 11.7 Å². The molecule has 0 atom stereocenters. The van der Waals surface area contributed by atoms with E-state index in [0.29, 0.717) is 5.56 Å². The first-order valence-electron chi connectivity index (χ1n) is 8.33. The van der Waals surface area contributed by atoms with Crippen LogP contribution < -0.4 is 16.3 Å². The summed E-state index contributed by atoms with van der Waals surface area (Å²) < 4.78 is 66.8. The highest BCUT2D eigenvalue weighted by atomic mass is 19.4. The molecule has 0 unspecified atom stereocenters. The molecule has 0 fully saturated rings. The Hall–Kier alpha value is -3.76. The molecule has 11 heteroatoms. The Labute approximate surface area is 164 Å². The number of aromatic amines is 1. The van der Waals surface area contributed by atoms with E-state index in [2.05, 4.69) is 5.32 Å². The number of carbonyl (C=O) groups is 1. The molecule has 2 aromatic carbocycles. The molecule has 0 bridgehead atoms. The lowest BCUT2D eigenvalue weighted by molar-refractivity contribution is -0.142. The highest BCUT2D eigenvalue weighted by Crippen LogP contribution is 2.29. The molecule has 0 aliphatic heterocycles. The number of hydrogen-bond acceptors (Lipinski definition) is 3. The zero-order valence-electron chi connectivity index (χ0n) is 14.9. The fourth-order valence-corrected chi connectivity index (χ4v) is 2.61. The number of hydrogen-bond donors (Lipinski definition) is 2. The van der Waals surface area contributed by atoms with Crippen molar-refractivity contribution in [2.75, 3.05) is 0 Å². The lowest BCUT2D eigenvalue weighted by Gasteiger charge is -2.15. The summed E-state index contributed by atoms with van der Waals surface area (Å²) in [5, 5.41) is 3.83. The first-order valence-corrected chi connectivity index (χ1v) is 8.33. The largest absolute Gasteiger partial charge is 0.433 e. The van der Waals surface area contributed by atoms with Crippen LogP contribution in [0, 0.1) is 11.6 Å². The molecule has 0 spiro atoms. The van der Waals surface area contributed by atoms with Gasteiger partial charge in [0.25, 0.3) is 11.3 Å². The first kappa shape index (κ1) is 21.0. The van der Waals surface area contributed by atoms with Crippen LogP contribution in [0.3, 0.4) is 0 Å². The van der Waals surface area contributed by atoms with Crippen molar-refractivity contribution in [2.45, 2.75) is 12.7 Å². The number of aromatic nitrogens is 2. The second kappa shape index (κ2) is 7.93. The van der Waals surface area contributed by atoms with Crippen LogP contribution in [0.1, 0.15) is 21.6 Å². The van der Waals surface area contributed by atoms with Gasteiger partial charge in [-0.1, -0.05) is 12.1 Å². The van der Waals surface area contributed by atoms with Gasteiger partial charge in [0.2, 0.25) is 0 Å². The van der Waals surface area contributed by atoms with Crippen molar-refractivity contribution in [3.05, 3.63) is 97.6 Å². The molecule has 6 nitrogen and oxygen atoms in total. The number of nitrogens with zero attached hydrogens (tertiary/aromatic N) is 1. The third kappa shape index (κ3) is 4.29. The third-order valence-electron chi connectivity index (χ3n) is 4.06. The summed E-state index contributed by atoms with van der Waals surface area (Å²) >= 11 is 0. The molecule has 0 aliphatic carbocycles. The lowest BCUT2D eigenvalue weighted by Crippen LogP contribution is -2.44. The van der Waals surface area contributed by atoms with Gasteiger partial charge in [-0.15, -0.1) is 0 Å². The van der Waals surface area contributed by atoms with Crippen LogP contribution >= 0.6 is 0 Å². The molecule has 0 radical (unpaired) electrons. The van der Waals surface area contributed by atoms with Crippen molar-refractivity contribution >= 4 is 5.91 Å². The molecule has 30 heavy (non-hydrogen) atoms. The zero-order valence-corrected chi connectivity index (χ0v) is 14.9. The number of amides is 1. The Bertz CT molecular complexity index is 1200. The van der Waals surface area contributed by atoms with Crippen molar-refractivity contribution in [3.8, 4) is 5.69 Å². The smallest absolute Gasteiger partial charge is 0.348 e. The van der Waals surface area contributed by atoms with Crippen molar-refractivity contribution in [1.29, 1.82) is 0 Å². The van der Waals surface area contributed by atoms with E-state index in [0.717, 1.165) is 36.4 Å². The van der Waals surface area contributed by atoms with Crippen LogP contribution in [-0.4, -0.2) is 15.7 Å². The summed E-state index contributed by atoms with van der Waals surface area (Å²) in [5.41, 5.74) is -6.18. The second-order valence-corrected chi connectivity index (χ2v) is 6.11. The van der Waals surface area contributed by atoms with E-state index in [9.17, 15) is 36.3 Å². The molecule has 0 saturated carbocycles. The quantitative estimate of drug-likeness (QED) is 0.498. The molecule has 156 valence electrons. The molecule has 1 aromatic heterocycles. The number of halogens is 5. The van der Waals surface area contributed by atoms with Crippen LogP contribution in [0.5, 0.6) is 0 Å². The average molecular weight is 425 g/mol. The van der Waals surface area contributed by atoms with Crippen LogP contribution in [0.25, 0.3) is 5.69 Å². The van der Waals surface area contributed by atoms with Crippen molar-refractivity contribution in [2.24, 2.45) is 0 Å². The third-order valence-corrected chi connectivity index (χ3v) is 4.06. The van der Waals surface area contributed by atoms with Crippen molar-refractivity contribution in [1.82, 2.24) is 15.1 Å². The molecule has 1 amide bonds. The van der Waals surface area contributed by atoms with Gasteiger partial charge in [-0.05, 0) is 42.0 Å². The Kier molecular flexibility index (Phi) is 5.54. The van der Waals surface area contributed by atoms with E-state index < -0.39 is 46.0 Å². The van der Waals surface area contributed by atoms with Gasteiger partial charge in [-0.25, -0.2) is 13.5 Å². The van der Waals surface area contributed by atoms with Crippen LogP contribution in [0.4, 0.5) is 22.0 Å². The lowest BCUT2D eigenvalue weighted by atomic mass is 10.1. The number of rotatable bonds is 4. The first-order chi connectivity index (χ1) is 14.1. The van der Waals surface area contributed by atoms with Gasteiger partial charge in [0.1, 0.15) is 17.2 Å². The molecule has 2 N–H and O–H groups in total. The minimum atomic E-state index is -5.18. The zero-order chi connectivity index (χ0) is 22.1. The Morgan fingerprint density at radius 2 is 1.47 bits per heavy atom. The SMILES string of the molecule is O=C(NCc1ccc(F)cc1)c1c(C(F)(F)F)[nH]n(-c2ccc(F)cc2)c(=O)c1=O. The van der Waals surface area contributed by atoms with E-state index in [-0.39, 0.29) is 16.9 Å². The second-order valence-electron chi connectivity index (χ2n) is 6.11. The molecular formula is C19H12F5N3O3. The summed E-state index contributed by atoms with van der Waals surface area (Å²) in [6, 6.07) is 8.49. The number of alkyl halides is 3. The van der Waals surface area contributed by atoms with E-state index in [1.165, 1.54) is 12.1 Å². The summed E-state index contributed by atoms with van der Waals surface area (Å²) in [4.78, 5) is 37.0. The van der Waals surface area contributed by atoms with Crippen LogP contribution in [0.2, 0.25) is 0 Å². The molecule has 0 saturated heterocycles. The summed E-state index contributed by atoms with van der Waals surface area (Å²) in [6.45, 7) is -0.309. The van der Waals surface area contributed by atoms with Crippen LogP contribution in [0.15, 0.2) is 58.1 Å². The molecule has 0 aliphatic rings. The fourth-order valence-electron chi connectivity index (χ4n) is 2.61. The maximum absolute atomic E-state index is 13.5. The van der Waals surface area contributed by atoms with Crippen LogP contribution in [-0.2, 0) is 12.7 Å². The summed E-state index contributed by atoms with van der Waals surface area (Å²) in [7, 11) is 0. The Morgan fingerprint density at radius 3 is 2.00 bits per heavy atom. The summed E-state index contributed by atoms with van der Waals surface area (Å²) in [5.74, 6) is -2.69. The molecule has 3 rings (SSSR count). The molecular weight excluding hydrogens is 413 g/mol. The highest BCUT2D eigenvalue weighted by Gasteiger charge is 2.39. The number of H-pyrrole nitrogens is 1. The predicted molar refractivity (Wildman–Crippen MR) is 95.2 cm³/mol. The van der Waals surface area contributed by atoms with Gasteiger partial charge in [0.15, 0.2) is 5.69 Å². The maximum Gasteiger partial charge on any atom is 0.433 e. The number of carbonyl (C=O) groups excluding carboxylic acids is 1. The number of nitrogens with one attached hydrogen (secondary N) is 2. The summed E-state index contributed by atoms with van der Waals surface area (Å²) in [6.07, 6.45) is -5.18. The number of benzene rings is 2. The predicted octanol–water partition coefficient (Wildman–Crippen LogP) is 2.75. The Balaban J connectivity index is 2.05. The minimum Gasteiger partial charge on any atom is -0.348 e. The monoisotopic (exact) mass is 425 g/mol. The fraction of sp³-hybridized carbons (Fsp3) is 0.105. The van der Waals surface area contributed by atoms with Crippen molar-refractivity contribution < 1.29 is 26.7 Å². The van der Waals surface area contributed by atoms with Gasteiger partial charge < -0.3 is 5.32 Å². The molecule has 1 heterocycles. The standard InChI is InChI=1S/C19H12F5N3O3/c20-11-3-1-10(2-4-11)9-25-17(29)14-15(28)18(30)27(26-16(14)19(22,23)24)13-7-5-12(21)6-8-13/h1-8,26H,9H2,(H,25,29). The van der Waals surface area contributed by atoms with E-state index in [1.807, 2.05) is 0 Å². The molecule has 3 aromatic rings. The van der Waals surface area contributed by atoms with Gasteiger partial charge in [0, 0.05) is 6.54 Å². The topological polar surface area (TPSA) is 84.0 Å². The van der Waals surface area contributed by atoms with Crippen molar-refractivity contribution in [3.63, 3.8) is 0 Å². The van der Waals surface area contributed by atoms with E-state index in [1.54, 1.807) is 5.10 Å². The highest BCUT2D eigenvalue weighted by molar-refractivity contribution is 5.95. The van der Waals surface area contributed by atoms with Gasteiger partial charge in [0.05, 0.1) is 5.69 Å². The van der Waals surface area contributed by atoms with E-state index >= 15 is 0 Å². The van der Waals surface area contributed by atoms with E-state index in [4.69, 9.17) is 0 Å². The average Bonchev–Trinajstić information content (AvgIpc) is 2.69. The normalized spacial score (nSPS) is 11.4. The minimum absolute atomic E-state index is 0.234. The Morgan fingerprint density at radius 1 is 0.933 bits per heavy atom.